The zero-order valence-corrected chi connectivity index (χ0v) is 10.2. The van der Waals surface area contributed by atoms with Gasteiger partial charge in [0.2, 0.25) is 0 Å². The van der Waals surface area contributed by atoms with Gasteiger partial charge in [-0.3, -0.25) is 4.79 Å². The van der Waals surface area contributed by atoms with E-state index in [1.54, 1.807) is 18.2 Å². The van der Waals surface area contributed by atoms with E-state index in [9.17, 15) is 4.79 Å². The maximum atomic E-state index is 10.3. The van der Waals surface area contributed by atoms with E-state index in [-0.39, 0.29) is 6.42 Å². The fourth-order valence-corrected chi connectivity index (χ4v) is 1.65. The van der Waals surface area contributed by atoms with Crippen LogP contribution >= 0.6 is 23.2 Å². The maximum Gasteiger partial charge on any atom is 0.303 e. The molecule has 0 saturated heterocycles. The number of nitrogens with one attached hydrogen (secondary N) is 1. The van der Waals surface area contributed by atoms with Crippen LogP contribution in [0.2, 0.25) is 10.0 Å². The summed E-state index contributed by atoms with van der Waals surface area (Å²) in [5, 5.41) is 12.9. The molecule has 1 rings (SSSR count). The Labute approximate surface area is 104 Å². The Morgan fingerprint density at radius 1 is 1.38 bits per heavy atom. The average molecular weight is 262 g/mol. The highest BCUT2D eigenvalue weighted by Gasteiger charge is 2.01. The van der Waals surface area contributed by atoms with E-state index >= 15 is 0 Å². The third kappa shape index (κ3) is 4.84. The van der Waals surface area contributed by atoms with E-state index in [1.807, 2.05) is 0 Å². The summed E-state index contributed by atoms with van der Waals surface area (Å²) >= 11 is 11.8. The van der Waals surface area contributed by atoms with Crippen molar-refractivity contribution in [1.82, 2.24) is 5.32 Å². The third-order valence-corrected chi connectivity index (χ3v) is 2.67. The topological polar surface area (TPSA) is 49.3 Å². The number of halogens is 2. The van der Waals surface area contributed by atoms with Crippen molar-refractivity contribution in [3.63, 3.8) is 0 Å². The monoisotopic (exact) mass is 261 g/mol. The number of carbonyl (C=O) groups is 1. The fourth-order valence-electron chi connectivity index (χ4n) is 1.27. The van der Waals surface area contributed by atoms with Gasteiger partial charge in [0, 0.05) is 23.0 Å². The van der Waals surface area contributed by atoms with Crippen LogP contribution in [0.3, 0.4) is 0 Å². The number of hydrogen-bond donors (Lipinski definition) is 2. The summed E-state index contributed by atoms with van der Waals surface area (Å²) in [4.78, 5) is 10.3. The van der Waals surface area contributed by atoms with E-state index < -0.39 is 5.97 Å². The minimum Gasteiger partial charge on any atom is -0.481 e. The summed E-state index contributed by atoms with van der Waals surface area (Å²) in [6.07, 6.45) is 0.782. The van der Waals surface area contributed by atoms with Crippen molar-refractivity contribution in [2.24, 2.45) is 0 Å². The molecule has 0 aliphatic rings. The first-order chi connectivity index (χ1) is 7.59. The molecule has 3 nitrogen and oxygen atoms in total. The van der Waals surface area contributed by atoms with Gasteiger partial charge in [0.25, 0.3) is 0 Å². The molecule has 0 aliphatic heterocycles. The second kappa shape index (κ2) is 6.74. The largest absolute Gasteiger partial charge is 0.481 e. The molecule has 0 aromatic heterocycles. The van der Waals surface area contributed by atoms with Gasteiger partial charge in [-0.15, -0.1) is 0 Å². The predicted octanol–water partition coefficient (Wildman–Crippen LogP) is 2.95. The van der Waals surface area contributed by atoms with Gasteiger partial charge in [-0.1, -0.05) is 23.2 Å². The molecule has 0 bridgehead atoms. The SMILES string of the molecule is O=C(O)CCCNCc1cc(Cl)ccc1Cl. The molecule has 0 atom stereocenters. The average Bonchev–Trinajstić information content (AvgIpc) is 2.22. The molecule has 16 heavy (non-hydrogen) atoms. The Morgan fingerprint density at radius 3 is 2.81 bits per heavy atom. The Hall–Kier alpha value is -0.770. The highest BCUT2D eigenvalue weighted by Crippen LogP contribution is 2.20. The lowest BCUT2D eigenvalue weighted by Gasteiger charge is -2.06. The molecule has 0 heterocycles. The van der Waals surface area contributed by atoms with Crippen molar-refractivity contribution in [2.75, 3.05) is 6.54 Å². The summed E-state index contributed by atoms with van der Waals surface area (Å²) in [7, 11) is 0. The van der Waals surface area contributed by atoms with E-state index in [4.69, 9.17) is 28.3 Å². The van der Waals surface area contributed by atoms with Gasteiger partial charge < -0.3 is 10.4 Å². The molecule has 0 unspecified atom stereocenters. The Morgan fingerprint density at radius 2 is 2.12 bits per heavy atom. The van der Waals surface area contributed by atoms with Crippen molar-refractivity contribution < 1.29 is 9.90 Å². The molecule has 0 fully saturated rings. The van der Waals surface area contributed by atoms with Gasteiger partial charge in [0.15, 0.2) is 0 Å². The highest BCUT2D eigenvalue weighted by molar-refractivity contribution is 6.33. The van der Waals surface area contributed by atoms with Gasteiger partial charge in [0.05, 0.1) is 0 Å². The minimum atomic E-state index is -0.775. The van der Waals surface area contributed by atoms with Crippen molar-refractivity contribution in [2.45, 2.75) is 19.4 Å². The molecular formula is C11H13Cl2NO2. The van der Waals surface area contributed by atoms with Crippen LogP contribution in [0.4, 0.5) is 0 Å². The standard InChI is InChI=1S/C11H13Cl2NO2/c12-9-3-4-10(13)8(6-9)7-14-5-1-2-11(15)16/h3-4,6,14H,1-2,5,7H2,(H,15,16). The van der Waals surface area contributed by atoms with Crippen molar-refractivity contribution in [3.8, 4) is 0 Å². The van der Waals surface area contributed by atoms with E-state index in [0.717, 1.165) is 5.56 Å². The second-order valence-electron chi connectivity index (χ2n) is 3.41. The number of carboxylic acids is 1. The number of benzene rings is 1. The second-order valence-corrected chi connectivity index (χ2v) is 4.25. The molecule has 2 N–H and O–H groups in total. The summed E-state index contributed by atoms with van der Waals surface area (Å²) < 4.78 is 0. The lowest BCUT2D eigenvalue weighted by molar-refractivity contribution is -0.137. The molecule has 5 heteroatoms. The molecule has 88 valence electrons. The van der Waals surface area contributed by atoms with Crippen LogP contribution in [-0.4, -0.2) is 17.6 Å². The zero-order valence-electron chi connectivity index (χ0n) is 8.67. The van der Waals surface area contributed by atoms with Crippen LogP contribution in [0.5, 0.6) is 0 Å². The predicted molar refractivity (Wildman–Crippen MR) is 65.0 cm³/mol. The van der Waals surface area contributed by atoms with E-state index in [1.165, 1.54) is 0 Å². The van der Waals surface area contributed by atoms with Crippen molar-refractivity contribution in [3.05, 3.63) is 33.8 Å². The summed E-state index contributed by atoms with van der Waals surface area (Å²) in [6, 6.07) is 5.28. The molecule has 0 amide bonds. The van der Waals surface area contributed by atoms with Gasteiger partial charge in [-0.2, -0.15) is 0 Å². The van der Waals surface area contributed by atoms with Gasteiger partial charge in [-0.05, 0) is 36.7 Å². The number of rotatable bonds is 6. The van der Waals surface area contributed by atoms with Crippen LogP contribution in [0.1, 0.15) is 18.4 Å². The third-order valence-electron chi connectivity index (χ3n) is 2.07. The molecule has 0 radical (unpaired) electrons. The van der Waals surface area contributed by atoms with Crippen LogP contribution in [0.15, 0.2) is 18.2 Å². The number of aliphatic carboxylic acids is 1. The number of hydrogen-bond acceptors (Lipinski definition) is 2. The Bertz CT molecular complexity index is 369. The van der Waals surface area contributed by atoms with Crippen LogP contribution in [0, 0.1) is 0 Å². The normalized spacial score (nSPS) is 10.4. The molecule has 1 aromatic rings. The number of carboxylic acid groups (broad SMARTS) is 1. The summed E-state index contributed by atoms with van der Waals surface area (Å²) in [5.41, 5.74) is 0.921. The quantitative estimate of drug-likeness (QED) is 0.775. The van der Waals surface area contributed by atoms with E-state index in [2.05, 4.69) is 5.32 Å². The smallest absolute Gasteiger partial charge is 0.303 e. The molecule has 0 spiro atoms. The molecule has 0 saturated carbocycles. The summed E-state index contributed by atoms with van der Waals surface area (Å²) in [6.45, 7) is 1.24. The van der Waals surface area contributed by atoms with Crippen molar-refractivity contribution in [1.29, 1.82) is 0 Å². The Kier molecular flexibility index (Phi) is 5.60. The fraction of sp³-hybridized carbons (Fsp3) is 0.364. The van der Waals surface area contributed by atoms with Crippen molar-refractivity contribution >= 4 is 29.2 Å². The minimum absolute atomic E-state index is 0.177. The first kappa shape index (κ1) is 13.3. The van der Waals surface area contributed by atoms with Crippen LogP contribution in [-0.2, 0) is 11.3 Å². The molecule has 0 aliphatic carbocycles. The molecule has 1 aromatic carbocycles. The van der Waals surface area contributed by atoms with Crippen LogP contribution < -0.4 is 5.32 Å². The van der Waals surface area contributed by atoms with Gasteiger partial charge in [0.1, 0.15) is 0 Å². The Balaban J connectivity index is 2.31. The van der Waals surface area contributed by atoms with E-state index in [0.29, 0.717) is 29.6 Å². The first-order valence-electron chi connectivity index (χ1n) is 4.96. The summed E-state index contributed by atoms with van der Waals surface area (Å²) in [5.74, 6) is -0.775. The maximum absolute atomic E-state index is 10.3. The van der Waals surface area contributed by atoms with Gasteiger partial charge in [-0.25, -0.2) is 0 Å². The lowest BCUT2D eigenvalue weighted by Crippen LogP contribution is -2.16. The lowest BCUT2D eigenvalue weighted by atomic mass is 10.2. The zero-order chi connectivity index (χ0) is 12.0. The first-order valence-corrected chi connectivity index (χ1v) is 5.71. The molecular weight excluding hydrogens is 249 g/mol. The highest BCUT2D eigenvalue weighted by atomic mass is 35.5. The van der Waals surface area contributed by atoms with Gasteiger partial charge >= 0.3 is 5.97 Å². The van der Waals surface area contributed by atoms with Crippen LogP contribution in [0.25, 0.3) is 0 Å².